The third-order valence-corrected chi connectivity index (χ3v) is 4.89. The molecule has 0 aliphatic rings. The minimum Gasteiger partial charge on any atom is -0.497 e. The molecule has 2 aromatic heterocycles. The van der Waals surface area contributed by atoms with Crippen molar-refractivity contribution in [1.29, 1.82) is 0 Å². The number of aromatic nitrogens is 4. The average Bonchev–Trinajstić information content (AvgIpc) is 3.23. The number of hydrogen-bond acceptors (Lipinski definition) is 7. The van der Waals surface area contributed by atoms with E-state index in [1.807, 2.05) is 13.1 Å². The summed E-state index contributed by atoms with van der Waals surface area (Å²) >= 11 is 0. The summed E-state index contributed by atoms with van der Waals surface area (Å²) in [7, 11) is 3.32. The molecule has 0 spiro atoms. The Kier molecular flexibility index (Phi) is 8.29. The maximum Gasteiger partial charge on any atom is 0.423 e. The van der Waals surface area contributed by atoms with Crippen LogP contribution >= 0.6 is 0 Å². The molecule has 3 rings (SSSR count). The van der Waals surface area contributed by atoms with Crippen LogP contribution in [0.2, 0.25) is 0 Å². The fraction of sp³-hybridized carbons (Fsp3) is 0.409. The van der Waals surface area contributed by atoms with Gasteiger partial charge >= 0.3 is 6.18 Å². The molecule has 0 aliphatic heterocycles. The fourth-order valence-corrected chi connectivity index (χ4v) is 3.30. The SMILES string of the molecule is CNCc1cc(COC[C@H](C)Nc2cnn(Cc3ccc(OC)cc3)c(=O)c2C(F)(F)F)n[nH]1. The van der Waals surface area contributed by atoms with E-state index < -0.39 is 29.0 Å². The van der Waals surface area contributed by atoms with E-state index in [1.165, 1.54) is 7.11 Å². The highest BCUT2D eigenvalue weighted by Crippen LogP contribution is 2.32. The molecule has 0 saturated heterocycles. The molecular weight excluding hydrogens is 453 g/mol. The lowest BCUT2D eigenvalue weighted by Gasteiger charge is -2.19. The average molecular weight is 480 g/mol. The summed E-state index contributed by atoms with van der Waals surface area (Å²) in [6.07, 6.45) is -3.84. The van der Waals surface area contributed by atoms with Crippen LogP contribution in [-0.2, 0) is 30.6 Å². The first-order valence-corrected chi connectivity index (χ1v) is 10.5. The zero-order chi connectivity index (χ0) is 24.7. The third kappa shape index (κ3) is 6.58. The smallest absolute Gasteiger partial charge is 0.423 e. The van der Waals surface area contributed by atoms with Gasteiger partial charge in [0.2, 0.25) is 0 Å². The summed E-state index contributed by atoms with van der Waals surface area (Å²) < 4.78 is 52.7. The molecule has 0 bridgehead atoms. The molecule has 3 N–H and O–H groups in total. The predicted molar refractivity (Wildman–Crippen MR) is 120 cm³/mol. The van der Waals surface area contributed by atoms with E-state index in [-0.39, 0.29) is 19.8 Å². The Morgan fingerprint density at radius 2 is 1.97 bits per heavy atom. The summed E-state index contributed by atoms with van der Waals surface area (Å²) in [5.74, 6) is 0.599. The number of alkyl halides is 3. The first-order chi connectivity index (χ1) is 16.2. The Hall–Kier alpha value is -3.38. The number of methoxy groups -OCH3 is 1. The van der Waals surface area contributed by atoms with Gasteiger partial charge in [0, 0.05) is 18.3 Å². The molecule has 0 fully saturated rings. The number of benzene rings is 1. The van der Waals surface area contributed by atoms with Crippen molar-refractivity contribution in [3.05, 3.63) is 69.4 Å². The zero-order valence-electron chi connectivity index (χ0n) is 19.1. The number of ether oxygens (including phenoxy) is 2. The molecule has 0 amide bonds. The number of H-pyrrole nitrogens is 1. The van der Waals surface area contributed by atoms with E-state index in [2.05, 4.69) is 25.9 Å². The van der Waals surface area contributed by atoms with Crippen molar-refractivity contribution in [2.45, 2.75) is 38.8 Å². The minimum absolute atomic E-state index is 0.0977. The third-order valence-electron chi connectivity index (χ3n) is 4.89. The maximum atomic E-state index is 13.8. The second kappa shape index (κ2) is 11.2. The predicted octanol–water partition coefficient (Wildman–Crippen LogP) is 2.78. The van der Waals surface area contributed by atoms with Gasteiger partial charge < -0.3 is 20.1 Å². The molecular formula is C22H27F3N6O3. The van der Waals surface area contributed by atoms with Gasteiger partial charge in [0.05, 0.1) is 44.4 Å². The van der Waals surface area contributed by atoms with E-state index in [0.29, 0.717) is 23.6 Å². The van der Waals surface area contributed by atoms with Crippen molar-refractivity contribution in [2.24, 2.45) is 0 Å². The van der Waals surface area contributed by atoms with E-state index in [9.17, 15) is 18.0 Å². The lowest BCUT2D eigenvalue weighted by Crippen LogP contribution is -2.34. The molecule has 12 heteroatoms. The molecule has 0 aliphatic carbocycles. The minimum atomic E-state index is -4.86. The number of aromatic amines is 1. The van der Waals surface area contributed by atoms with Gasteiger partial charge in [0.15, 0.2) is 0 Å². The molecule has 0 unspecified atom stereocenters. The van der Waals surface area contributed by atoms with Crippen molar-refractivity contribution >= 4 is 5.69 Å². The Morgan fingerprint density at radius 3 is 2.62 bits per heavy atom. The van der Waals surface area contributed by atoms with E-state index in [4.69, 9.17) is 9.47 Å². The number of nitrogens with zero attached hydrogens (tertiary/aromatic N) is 3. The maximum absolute atomic E-state index is 13.8. The van der Waals surface area contributed by atoms with Crippen LogP contribution in [0.4, 0.5) is 18.9 Å². The fourth-order valence-electron chi connectivity index (χ4n) is 3.30. The van der Waals surface area contributed by atoms with Gasteiger partial charge in [-0.15, -0.1) is 0 Å². The molecule has 1 aromatic carbocycles. The Balaban J connectivity index is 1.68. The van der Waals surface area contributed by atoms with Crippen molar-refractivity contribution in [1.82, 2.24) is 25.3 Å². The van der Waals surface area contributed by atoms with Crippen LogP contribution in [0.3, 0.4) is 0 Å². The Labute approximate surface area is 194 Å². The molecule has 184 valence electrons. The Bertz CT molecular complexity index is 1130. The van der Waals surface area contributed by atoms with Gasteiger partial charge in [-0.05, 0) is 37.7 Å². The molecule has 34 heavy (non-hydrogen) atoms. The topological polar surface area (TPSA) is 106 Å². The van der Waals surface area contributed by atoms with Gasteiger partial charge in [0.25, 0.3) is 5.56 Å². The number of rotatable bonds is 11. The lowest BCUT2D eigenvalue weighted by atomic mass is 10.2. The lowest BCUT2D eigenvalue weighted by molar-refractivity contribution is -0.138. The van der Waals surface area contributed by atoms with Crippen LogP contribution in [0, 0.1) is 0 Å². The largest absolute Gasteiger partial charge is 0.497 e. The van der Waals surface area contributed by atoms with Gasteiger partial charge in [-0.3, -0.25) is 9.89 Å². The first-order valence-electron chi connectivity index (χ1n) is 10.5. The van der Waals surface area contributed by atoms with Gasteiger partial charge in [-0.1, -0.05) is 12.1 Å². The molecule has 2 heterocycles. The second-order valence-electron chi connectivity index (χ2n) is 7.72. The summed E-state index contributed by atoms with van der Waals surface area (Å²) in [4.78, 5) is 12.7. The van der Waals surface area contributed by atoms with E-state index in [1.54, 1.807) is 31.2 Å². The normalized spacial score (nSPS) is 12.5. The first kappa shape index (κ1) is 25.2. The van der Waals surface area contributed by atoms with Crippen molar-refractivity contribution in [2.75, 3.05) is 26.1 Å². The highest BCUT2D eigenvalue weighted by molar-refractivity contribution is 5.50. The van der Waals surface area contributed by atoms with Crippen LogP contribution in [-0.4, -0.2) is 46.8 Å². The van der Waals surface area contributed by atoms with Gasteiger partial charge in [0.1, 0.15) is 11.3 Å². The second-order valence-corrected chi connectivity index (χ2v) is 7.72. The Morgan fingerprint density at radius 1 is 1.24 bits per heavy atom. The van der Waals surface area contributed by atoms with Crippen LogP contribution in [0.5, 0.6) is 5.75 Å². The van der Waals surface area contributed by atoms with Crippen molar-refractivity contribution in [3.63, 3.8) is 0 Å². The molecule has 3 aromatic rings. The summed E-state index contributed by atoms with van der Waals surface area (Å²) in [6, 6.07) is 7.96. The zero-order valence-corrected chi connectivity index (χ0v) is 19.1. The molecule has 1 atom stereocenters. The van der Waals surface area contributed by atoms with Crippen LogP contribution in [0.1, 0.15) is 29.4 Å². The van der Waals surface area contributed by atoms with Gasteiger partial charge in [-0.2, -0.15) is 23.4 Å². The van der Waals surface area contributed by atoms with Crippen molar-refractivity contribution in [3.8, 4) is 5.75 Å². The number of hydrogen-bond donors (Lipinski definition) is 3. The summed E-state index contributed by atoms with van der Waals surface area (Å²) in [5, 5.41) is 16.6. The molecule has 0 radical (unpaired) electrons. The standard InChI is InChI=1S/C22H27F3N6O3/c1-14(12-34-13-17-8-16(9-26-2)29-30-17)28-19-10-27-31(21(32)20(19)22(23,24)25)11-15-4-6-18(33-3)7-5-15/h4-8,10,14,26,28H,9,11-13H2,1-3H3,(H,29,30)/t14-/m0/s1. The highest BCUT2D eigenvalue weighted by Gasteiger charge is 2.38. The van der Waals surface area contributed by atoms with Crippen LogP contribution in [0.25, 0.3) is 0 Å². The van der Waals surface area contributed by atoms with E-state index >= 15 is 0 Å². The van der Waals surface area contributed by atoms with Gasteiger partial charge in [-0.25, -0.2) is 4.68 Å². The number of nitrogens with one attached hydrogen (secondary N) is 3. The van der Waals surface area contributed by atoms with Crippen LogP contribution < -0.4 is 20.9 Å². The number of anilines is 1. The summed E-state index contributed by atoms with van der Waals surface area (Å²) in [5.41, 5.74) is -0.737. The monoisotopic (exact) mass is 480 g/mol. The number of halogens is 3. The highest BCUT2D eigenvalue weighted by atomic mass is 19.4. The van der Waals surface area contributed by atoms with Crippen LogP contribution in [0.15, 0.2) is 41.3 Å². The quantitative estimate of drug-likeness (QED) is 0.388. The van der Waals surface area contributed by atoms with E-state index in [0.717, 1.165) is 16.6 Å². The van der Waals surface area contributed by atoms with Crippen molar-refractivity contribution < 1.29 is 22.6 Å². The summed E-state index contributed by atoms with van der Waals surface area (Å²) in [6.45, 7) is 2.47. The molecule has 0 saturated carbocycles. The molecule has 9 nitrogen and oxygen atoms in total.